The second-order valence-electron chi connectivity index (χ2n) is 7.70. The third-order valence-corrected chi connectivity index (χ3v) is 4.50. The number of hydrogen-bond donors (Lipinski definition) is 1. The van der Waals surface area contributed by atoms with E-state index in [2.05, 4.69) is 10.3 Å². The highest BCUT2D eigenvalue weighted by molar-refractivity contribution is 5.99. The fourth-order valence-electron chi connectivity index (χ4n) is 3.21. The summed E-state index contributed by atoms with van der Waals surface area (Å²) in [6.07, 6.45) is 4.42. The predicted molar refractivity (Wildman–Crippen MR) is 103 cm³/mol. The molecule has 0 saturated carbocycles. The molecule has 1 N–H and O–H groups in total. The van der Waals surface area contributed by atoms with Crippen LogP contribution in [0.3, 0.4) is 0 Å². The summed E-state index contributed by atoms with van der Waals surface area (Å²) in [7, 11) is 0. The van der Waals surface area contributed by atoms with Crippen molar-refractivity contribution in [3.8, 4) is 0 Å². The minimum absolute atomic E-state index is 0.0448. The maximum atomic E-state index is 12.2. The summed E-state index contributed by atoms with van der Waals surface area (Å²) in [4.78, 5) is 28.7. The number of likely N-dealkylation sites (tertiary alicyclic amines) is 1. The first-order chi connectivity index (χ1) is 12.7. The van der Waals surface area contributed by atoms with Gasteiger partial charge in [0.15, 0.2) is 0 Å². The van der Waals surface area contributed by atoms with Gasteiger partial charge in [0.2, 0.25) is 0 Å². The van der Waals surface area contributed by atoms with Gasteiger partial charge in [-0.05, 0) is 45.7 Å². The van der Waals surface area contributed by atoms with E-state index in [-0.39, 0.29) is 17.8 Å². The Morgan fingerprint density at radius 2 is 1.96 bits per heavy atom. The molecule has 144 valence electrons. The Hall–Kier alpha value is -2.90. The van der Waals surface area contributed by atoms with Gasteiger partial charge in [-0.1, -0.05) is 0 Å². The molecule has 1 aliphatic heterocycles. The van der Waals surface area contributed by atoms with Crippen LogP contribution in [0.25, 0.3) is 10.8 Å². The zero-order chi connectivity index (χ0) is 19.6. The zero-order valence-electron chi connectivity index (χ0n) is 15.8. The highest BCUT2D eigenvalue weighted by Gasteiger charge is 2.27. The second-order valence-corrected chi connectivity index (χ2v) is 7.70. The Bertz CT molecular complexity index is 854. The van der Waals surface area contributed by atoms with Crippen molar-refractivity contribution in [2.24, 2.45) is 0 Å². The first-order valence-corrected chi connectivity index (χ1v) is 9.00. The lowest BCUT2D eigenvalue weighted by molar-refractivity contribution is -0.383. The van der Waals surface area contributed by atoms with Crippen LogP contribution in [0.5, 0.6) is 0 Å². The summed E-state index contributed by atoms with van der Waals surface area (Å²) in [6, 6.07) is 5.20. The largest absolute Gasteiger partial charge is 0.444 e. The number of nitro groups is 1. The van der Waals surface area contributed by atoms with Crippen LogP contribution in [0.4, 0.5) is 16.2 Å². The number of nitrogens with zero attached hydrogens (tertiary/aromatic N) is 3. The van der Waals surface area contributed by atoms with E-state index in [4.69, 9.17) is 4.74 Å². The number of aromatic nitrogens is 1. The fourth-order valence-corrected chi connectivity index (χ4v) is 3.21. The molecule has 0 atom stereocenters. The molecule has 2 heterocycles. The molecule has 8 heteroatoms. The minimum atomic E-state index is -0.502. The number of benzene rings is 1. The number of rotatable bonds is 3. The lowest BCUT2D eigenvalue weighted by atomic mass is 10.0. The van der Waals surface area contributed by atoms with Crippen LogP contribution in [0.1, 0.15) is 33.6 Å². The van der Waals surface area contributed by atoms with E-state index in [1.807, 2.05) is 20.8 Å². The number of pyridine rings is 1. The van der Waals surface area contributed by atoms with E-state index < -0.39 is 10.5 Å². The number of anilines is 1. The van der Waals surface area contributed by atoms with E-state index in [1.165, 1.54) is 12.3 Å². The summed E-state index contributed by atoms with van der Waals surface area (Å²) in [5.74, 6) is 0. The molecule has 1 aliphatic rings. The molecular weight excluding hydrogens is 348 g/mol. The maximum Gasteiger partial charge on any atom is 0.410 e. The van der Waals surface area contributed by atoms with Gasteiger partial charge in [0.1, 0.15) is 5.60 Å². The second kappa shape index (κ2) is 7.38. The third kappa shape index (κ3) is 4.45. The monoisotopic (exact) mass is 372 g/mol. The number of carbonyl (C=O) groups is 1. The van der Waals surface area contributed by atoms with Gasteiger partial charge in [-0.15, -0.1) is 0 Å². The number of piperidine rings is 1. The summed E-state index contributed by atoms with van der Waals surface area (Å²) >= 11 is 0. The SMILES string of the molecule is CC(C)(C)OC(=O)N1CCC(Nc2ccc([N+](=O)[O-])c3cnccc23)CC1. The summed E-state index contributed by atoms with van der Waals surface area (Å²) < 4.78 is 5.42. The predicted octanol–water partition coefficient (Wildman–Crippen LogP) is 3.95. The number of carbonyl (C=O) groups excluding carboxylic acids is 1. The lowest BCUT2D eigenvalue weighted by Gasteiger charge is -2.34. The molecule has 3 rings (SSSR count). The van der Waals surface area contributed by atoms with E-state index >= 15 is 0 Å². The van der Waals surface area contributed by atoms with E-state index in [9.17, 15) is 14.9 Å². The van der Waals surface area contributed by atoms with Crippen LogP contribution in [0.2, 0.25) is 0 Å². The molecule has 27 heavy (non-hydrogen) atoms. The van der Waals surface area contributed by atoms with Crippen LogP contribution in [0, 0.1) is 10.1 Å². The number of amides is 1. The normalized spacial score (nSPS) is 15.6. The first-order valence-electron chi connectivity index (χ1n) is 9.00. The van der Waals surface area contributed by atoms with Gasteiger partial charge in [0, 0.05) is 48.7 Å². The van der Waals surface area contributed by atoms with Gasteiger partial charge in [0.05, 0.1) is 10.3 Å². The van der Waals surface area contributed by atoms with Gasteiger partial charge in [-0.2, -0.15) is 0 Å². The highest BCUT2D eigenvalue weighted by atomic mass is 16.6. The van der Waals surface area contributed by atoms with Crippen molar-refractivity contribution in [1.82, 2.24) is 9.88 Å². The first kappa shape index (κ1) is 18.9. The molecule has 0 aliphatic carbocycles. The zero-order valence-corrected chi connectivity index (χ0v) is 15.8. The van der Waals surface area contributed by atoms with Gasteiger partial charge in [0.25, 0.3) is 5.69 Å². The highest BCUT2D eigenvalue weighted by Crippen LogP contribution is 2.32. The van der Waals surface area contributed by atoms with Crippen molar-refractivity contribution in [3.63, 3.8) is 0 Å². The smallest absolute Gasteiger partial charge is 0.410 e. The molecule has 8 nitrogen and oxygen atoms in total. The molecule has 0 spiro atoms. The number of non-ortho nitro benzene ring substituents is 1. The van der Waals surface area contributed by atoms with Crippen molar-refractivity contribution >= 4 is 28.2 Å². The number of hydrogen-bond acceptors (Lipinski definition) is 6. The van der Waals surface area contributed by atoms with Gasteiger partial charge in [-0.3, -0.25) is 15.1 Å². The van der Waals surface area contributed by atoms with Crippen LogP contribution < -0.4 is 5.32 Å². The molecule has 1 saturated heterocycles. The van der Waals surface area contributed by atoms with Crippen molar-refractivity contribution in [2.45, 2.75) is 45.3 Å². The topological polar surface area (TPSA) is 97.6 Å². The summed E-state index contributed by atoms with van der Waals surface area (Å²) in [6.45, 7) is 6.79. The third-order valence-electron chi connectivity index (χ3n) is 4.50. The Balaban J connectivity index is 1.69. The van der Waals surface area contributed by atoms with Crippen LogP contribution in [-0.2, 0) is 4.74 Å². The molecule has 2 aromatic rings. The average molecular weight is 372 g/mol. The number of nitro benzene ring substituents is 1. The number of fused-ring (bicyclic) bond motifs is 1. The fraction of sp³-hybridized carbons (Fsp3) is 0.474. The summed E-state index contributed by atoms with van der Waals surface area (Å²) in [5.41, 5.74) is 0.384. The molecule has 0 bridgehead atoms. The maximum absolute atomic E-state index is 12.2. The van der Waals surface area contributed by atoms with Crippen molar-refractivity contribution in [3.05, 3.63) is 40.7 Å². The number of ether oxygens (including phenoxy) is 1. The molecule has 0 radical (unpaired) electrons. The van der Waals surface area contributed by atoms with Crippen molar-refractivity contribution in [1.29, 1.82) is 0 Å². The molecular formula is C19H24N4O4. The molecule has 0 unspecified atom stereocenters. The Labute approximate surface area is 157 Å². The lowest BCUT2D eigenvalue weighted by Crippen LogP contribution is -2.44. The summed E-state index contributed by atoms with van der Waals surface area (Å²) in [5, 5.41) is 16.0. The Morgan fingerprint density at radius 3 is 2.59 bits per heavy atom. The van der Waals surface area contributed by atoms with E-state index in [0.29, 0.717) is 18.5 Å². The molecule has 1 fully saturated rings. The minimum Gasteiger partial charge on any atom is -0.444 e. The Morgan fingerprint density at radius 1 is 1.26 bits per heavy atom. The number of nitrogens with one attached hydrogen (secondary N) is 1. The standard InChI is InChI=1S/C19H24N4O4/c1-19(2,3)27-18(24)22-10-7-13(8-11-22)21-16-4-5-17(23(25)26)15-12-20-9-6-14(15)16/h4-6,9,12-13,21H,7-8,10-11H2,1-3H3. The van der Waals surface area contributed by atoms with Gasteiger partial charge >= 0.3 is 6.09 Å². The van der Waals surface area contributed by atoms with E-state index in [0.717, 1.165) is 23.9 Å². The van der Waals surface area contributed by atoms with Gasteiger partial charge < -0.3 is 15.0 Å². The molecule has 1 amide bonds. The Kier molecular flexibility index (Phi) is 5.16. The van der Waals surface area contributed by atoms with E-state index in [1.54, 1.807) is 23.2 Å². The van der Waals surface area contributed by atoms with Crippen molar-refractivity contribution < 1.29 is 14.5 Å². The molecule has 1 aromatic carbocycles. The quantitative estimate of drug-likeness (QED) is 0.647. The molecule has 1 aromatic heterocycles. The van der Waals surface area contributed by atoms with Crippen LogP contribution in [-0.4, -0.2) is 45.6 Å². The average Bonchev–Trinajstić information content (AvgIpc) is 2.61. The van der Waals surface area contributed by atoms with Crippen molar-refractivity contribution in [2.75, 3.05) is 18.4 Å². The van der Waals surface area contributed by atoms with Crippen LogP contribution in [0.15, 0.2) is 30.6 Å². The van der Waals surface area contributed by atoms with Gasteiger partial charge in [-0.25, -0.2) is 4.79 Å². The van der Waals surface area contributed by atoms with Crippen LogP contribution >= 0.6 is 0 Å².